The number of aliphatic hydroxyl groups is 1. The number of hydrogen-bond acceptors (Lipinski definition) is 5. The van der Waals surface area contributed by atoms with Gasteiger partial charge in [-0.05, 0) is 29.8 Å². The second-order valence-corrected chi connectivity index (χ2v) is 4.53. The third kappa shape index (κ3) is 4.01. The van der Waals surface area contributed by atoms with Crippen molar-refractivity contribution in [2.24, 2.45) is 0 Å². The van der Waals surface area contributed by atoms with Gasteiger partial charge in [0.05, 0.1) is 18.9 Å². The molecule has 5 nitrogen and oxygen atoms in total. The zero-order valence-electron chi connectivity index (χ0n) is 8.91. The first-order valence-corrected chi connectivity index (χ1v) is 5.24. The number of halogens is 1. The normalized spacial score (nSPS) is 11.3. The quantitative estimate of drug-likeness (QED) is 0.870. The molecule has 0 unspecified atom stereocenters. The predicted molar refractivity (Wildman–Crippen MR) is 61.1 cm³/mol. The van der Waals surface area contributed by atoms with Crippen molar-refractivity contribution in [2.45, 2.75) is 19.4 Å². The Labute approximate surface area is 97.0 Å². The van der Waals surface area contributed by atoms with Crippen LogP contribution in [0.1, 0.15) is 13.8 Å². The minimum absolute atomic E-state index is 0.375. The van der Waals surface area contributed by atoms with E-state index in [-0.39, 0.29) is 0 Å². The molecule has 0 bridgehead atoms. The van der Waals surface area contributed by atoms with E-state index >= 15 is 0 Å². The van der Waals surface area contributed by atoms with Gasteiger partial charge in [-0.3, -0.25) is 0 Å². The summed E-state index contributed by atoms with van der Waals surface area (Å²) in [6.07, 6.45) is 1.56. The first kappa shape index (κ1) is 12.2. The lowest BCUT2D eigenvalue weighted by molar-refractivity contribution is 0.0943. The minimum Gasteiger partial charge on any atom is -0.478 e. The van der Waals surface area contributed by atoms with Crippen LogP contribution in [0.3, 0.4) is 0 Å². The molecule has 15 heavy (non-hydrogen) atoms. The van der Waals surface area contributed by atoms with Crippen LogP contribution >= 0.6 is 15.9 Å². The van der Waals surface area contributed by atoms with Crippen LogP contribution in [0.2, 0.25) is 0 Å². The third-order valence-electron chi connectivity index (χ3n) is 1.59. The monoisotopic (exact) mass is 275 g/mol. The zero-order valence-corrected chi connectivity index (χ0v) is 10.5. The highest BCUT2D eigenvalue weighted by atomic mass is 79.9. The molecular weight excluding hydrogens is 262 g/mol. The summed E-state index contributed by atoms with van der Waals surface area (Å²) >= 11 is 3.20. The average Bonchev–Trinajstić information content (AvgIpc) is 2.14. The highest BCUT2D eigenvalue weighted by molar-refractivity contribution is 9.10. The molecule has 1 heterocycles. The second kappa shape index (κ2) is 4.76. The van der Waals surface area contributed by atoms with Crippen molar-refractivity contribution >= 4 is 21.7 Å². The summed E-state index contributed by atoms with van der Waals surface area (Å²) in [5.74, 6) is 0.913. The van der Waals surface area contributed by atoms with Crippen LogP contribution < -0.4 is 10.1 Å². The maximum absolute atomic E-state index is 9.54. The van der Waals surface area contributed by atoms with Gasteiger partial charge in [0.2, 0.25) is 0 Å². The number of nitrogens with one attached hydrogen (secondary N) is 1. The molecule has 0 amide bonds. The maximum atomic E-state index is 9.54. The molecule has 0 aliphatic rings. The SMILES string of the molecule is COc1nc(Br)cnc1NCC(C)(C)O. The van der Waals surface area contributed by atoms with E-state index in [2.05, 4.69) is 31.2 Å². The van der Waals surface area contributed by atoms with Crippen LogP contribution in [-0.4, -0.2) is 34.3 Å². The van der Waals surface area contributed by atoms with Crippen LogP contribution in [0, 0.1) is 0 Å². The first-order chi connectivity index (χ1) is 6.92. The van der Waals surface area contributed by atoms with Crippen molar-refractivity contribution < 1.29 is 9.84 Å². The summed E-state index contributed by atoms with van der Waals surface area (Å²) < 4.78 is 5.65. The molecule has 0 fully saturated rings. The second-order valence-electron chi connectivity index (χ2n) is 3.72. The summed E-state index contributed by atoms with van der Waals surface area (Å²) in [6.45, 7) is 3.79. The number of methoxy groups -OCH3 is 1. The Kier molecular flexibility index (Phi) is 3.87. The molecular formula is C9H14BrN3O2. The molecule has 0 aliphatic carbocycles. The molecule has 0 aliphatic heterocycles. The Morgan fingerprint density at radius 3 is 2.80 bits per heavy atom. The highest BCUT2D eigenvalue weighted by Gasteiger charge is 2.14. The molecule has 1 aromatic rings. The third-order valence-corrected chi connectivity index (χ3v) is 1.97. The van der Waals surface area contributed by atoms with Crippen LogP contribution in [-0.2, 0) is 0 Å². The van der Waals surface area contributed by atoms with E-state index in [0.29, 0.717) is 22.8 Å². The van der Waals surface area contributed by atoms with Gasteiger partial charge in [0.15, 0.2) is 5.82 Å². The van der Waals surface area contributed by atoms with Gasteiger partial charge in [-0.25, -0.2) is 9.97 Å². The van der Waals surface area contributed by atoms with Crippen LogP contribution in [0.4, 0.5) is 5.82 Å². The predicted octanol–water partition coefficient (Wildman–Crippen LogP) is 1.43. The maximum Gasteiger partial charge on any atom is 0.258 e. The molecule has 0 aromatic carbocycles. The molecule has 2 N–H and O–H groups in total. The summed E-state index contributed by atoms with van der Waals surface area (Å²) in [7, 11) is 1.52. The van der Waals surface area contributed by atoms with E-state index in [0.717, 1.165) is 0 Å². The van der Waals surface area contributed by atoms with Gasteiger partial charge in [0, 0.05) is 6.54 Å². The van der Waals surface area contributed by atoms with E-state index in [1.165, 1.54) is 7.11 Å². The van der Waals surface area contributed by atoms with E-state index < -0.39 is 5.60 Å². The highest BCUT2D eigenvalue weighted by Crippen LogP contribution is 2.21. The molecule has 0 atom stereocenters. The lowest BCUT2D eigenvalue weighted by Gasteiger charge is -2.18. The largest absolute Gasteiger partial charge is 0.478 e. The molecule has 1 rings (SSSR count). The van der Waals surface area contributed by atoms with E-state index in [9.17, 15) is 5.11 Å². The Bertz CT molecular complexity index is 339. The Morgan fingerprint density at radius 2 is 2.27 bits per heavy atom. The lowest BCUT2D eigenvalue weighted by Crippen LogP contribution is -2.29. The van der Waals surface area contributed by atoms with Crippen molar-refractivity contribution in [3.05, 3.63) is 10.8 Å². The van der Waals surface area contributed by atoms with Crippen molar-refractivity contribution in [1.29, 1.82) is 0 Å². The van der Waals surface area contributed by atoms with Crippen LogP contribution in [0.5, 0.6) is 5.88 Å². The molecule has 84 valence electrons. The van der Waals surface area contributed by atoms with Gasteiger partial charge >= 0.3 is 0 Å². The average molecular weight is 276 g/mol. The topological polar surface area (TPSA) is 67.3 Å². The Morgan fingerprint density at radius 1 is 1.60 bits per heavy atom. The fourth-order valence-corrected chi connectivity index (χ4v) is 1.18. The van der Waals surface area contributed by atoms with Crippen molar-refractivity contribution in [3.63, 3.8) is 0 Å². The Balaban J connectivity index is 2.76. The fourth-order valence-electron chi connectivity index (χ4n) is 0.915. The molecule has 0 saturated carbocycles. The van der Waals surface area contributed by atoms with Gasteiger partial charge in [0.25, 0.3) is 5.88 Å². The van der Waals surface area contributed by atoms with Gasteiger partial charge in [-0.2, -0.15) is 0 Å². The Hall–Kier alpha value is -0.880. The van der Waals surface area contributed by atoms with Crippen LogP contribution in [0.15, 0.2) is 10.8 Å². The smallest absolute Gasteiger partial charge is 0.258 e. The van der Waals surface area contributed by atoms with Gasteiger partial charge in [-0.15, -0.1) is 0 Å². The summed E-state index contributed by atoms with van der Waals surface area (Å²) in [5, 5.41) is 12.5. The van der Waals surface area contributed by atoms with E-state index in [1.54, 1.807) is 20.0 Å². The number of hydrogen-bond donors (Lipinski definition) is 2. The van der Waals surface area contributed by atoms with Crippen molar-refractivity contribution in [1.82, 2.24) is 9.97 Å². The van der Waals surface area contributed by atoms with Crippen molar-refractivity contribution in [2.75, 3.05) is 19.0 Å². The number of aromatic nitrogens is 2. The number of rotatable bonds is 4. The van der Waals surface area contributed by atoms with Crippen LogP contribution in [0.25, 0.3) is 0 Å². The van der Waals surface area contributed by atoms with E-state index in [4.69, 9.17) is 4.74 Å². The molecule has 1 aromatic heterocycles. The fraction of sp³-hybridized carbons (Fsp3) is 0.556. The summed E-state index contributed by atoms with van der Waals surface area (Å²) in [6, 6.07) is 0. The number of ether oxygens (including phenoxy) is 1. The summed E-state index contributed by atoms with van der Waals surface area (Å²) in [5.41, 5.74) is -0.806. The molecule has 6 heteroatoms. The number of nitrogens with zero attached hydrogens (tertiary/aromatic N) is 2. The zero-order chi connectivity index (χ0) is 11.5. The summed E-state index contributed by atoms with van der Waals surface area (Å²) in [4.78, 5) is 8.18. The minimum atomic E-state index is -0.806. The molecule has 0 spiro atoms. The molecule has 0 radical (unpaired) electrons. The lowest BCUT2D eigenvalue weighted by atomic mass is 10.1. The first-order valence-electron chi connectivity index (χ1n) is 4.45. The van der Waals surface area contributed by atoms with E-state index in [1.807, 2.05) is 0 Å². The standard InChI is InChI=1S/C9H14BrN3O2/c1-9(2,14)5-12-7-8(15-3)13-6(10)4-11-7/h4,14H,5H2,1-3H3,(H,11,12). The van der Waals surface area contributed by atoms with Gasteiger partial charge in [-0.1, -0.05) is 0 Å². The molecule has 0 saturated heterocycles. The number of anilines is 1. The van der Waals surface area contributed by atoms with Crippen molar-refractivity contribution in [3.8, 4) is 5.88 Å². The van der Waals surface area contributed by atoms with Gasteiger partial charge < -0.3 is 15.2 Å². The van der Waals surface area contributed by atoms with Gasteiger partial charge in [0.1, 0.15) is 4.60 Å².